The fourth-order valence-corrected chi connectivity index (χ4v) is 1.41. The molecule has 0 unspecified atom stereocenters. The predicted octanol–water partition coefficient (Wildman–Crippen LogP) is 2.44. The van der Waals surface area contributed by atoms with Gasteiger partial charge in [-0.2, -0.15) is 0 Å². The van der Waals surface area contributed by atoms with Crippen molar-refractivity contribution in [3.63, 3.8) is 0 Å². The first-order chi connectivity index (χ1) is 6.13. The van der Waals surface area contributed by atoms with Crippen molar-refractivity contribution in [2.45, 2.75) is 6.54 Å². The SMILES string of the molecule is CNc1ccc(CN(C)C)c(Cl)c1. The number of nitrogens with one attached hydrogen (secondary N) is 1. The fraction of sp³-hybridized carbons (Fsp3) is 0.400. The molecule has 0 amide bonds. The van der Waals surface area contributed by atoms with E-state index in [0.717, 1.165) is 22.8 Å². The summed E-state index contributed by atoms with van der Waals surface area (Å²) < 4.78 is 0. The predicted molar refractivity (Wildman–Crippen MR) is 58.4 cm³/mol. The summed E-state index contributed by atoms with van der Waals surface area (Å²) in [5.41, 5.74) is 2.21. The van der Waals surface area contributed by atoms with Gasteiger partial charge in [0.05, 0.1) is 0 Å². The number of benzene rings is 1. The molecule has 0 bridgehead atoms. The van der Waals surface area contributed by atoms with E-state index >= 15 is 0 Å². The van der Waals surface area contributed by atoms with E-state index in [1.165, 1.54) is 0 Å². The van der Waals surface area contributed by atoms with E-state index in [4.69, 9.17) is 11.6 Å². The lowest BCUT2D eigenvalue weighted by atomic mass is 10.2. The van der Waals surface area contributed by atoms with Gasteiger partial charge in [-0.15, -0.1) is 0 Å². The highest BCUT2D eigenvalue weighted by Gasteiger charge is 2.01. The molecule has 0 atom stereocenters. The normalized spacial score (nSPS) is 10.5. The Balaban J connectivity index is 2.85. The van der Waals surface area contributed by atoms with Crippen molar-refractivity contribution in [2.24, 2.45) is 0 Å². The number of hydrogen-bond donors (Lipinski definition) is 1. The first-order valence-electron chi connectivity index (χ1n) is 4.24. The van der Waals surface area contributed by atoms with Gasteiger partial charge in [0, 0.05) is 24.3 Å². The molecule has 13 heavy (non-hydrogen) atoms. The molecule has 0 spiro atoms. The maximum atomic E-state index is 6.09. The Hall–Kier alpha value is -0.730. The summed E-state index contributed by atoms with van der Waals surface area (Å²) in [5, 5.41) is 3.87. The summed E-state index contributed by atoms with van der Waals surface area (Å²) in [5.74, 6) is 0. The largest absolute Gasteiger partial charge is 0.388 e. The highest BCUT2D eigenvalue weighted by molar-refractivity contribution is 6.31. The monoisotopic (exact) mass is 198 g/mol. The molecule has 0 aliphatic rings. The van der Waals surface area contributed by atoms with Gasteiger partial charge in [0.25, 0.3) is 0 Å². The summed E-state index contributed by atoms with van der Waals surface area (Å²) in [6.45, 7) is 0.878. The Labute approximate surface area is 84.5 Å². The highest BCUT2D eigenvalue weighted by atomic mass is 35.5. The Kier molecular flexibility index (Phi) is 3.58. The van der Waals surface area contributed by atoms with Crippen molar-refractivity contribution < 1.29 is 0 Å². The van der Waals surface area contributed by atoms with Crippen LogP contribution in [-0.2, 0) is 6.54 Å². The molecule has 0 radical (unpaired) electrons. The quantitative estimate of drug-likeness (QED) is 0.803. The summed E-state index contributed by atoms with van der Waals surface area (Å²) in [4.78, 5) is 2.10. The van der Waals surface area contributed by atoms with Crippen molar-refractivity contribution in [3.05, 3.63) is 28.8 Å². The third-order valence-corrected chi connectivity index (χ3v) is 2.18. The van der Waals surface area contributed by atoms with Gasteiger partial charge in [-0.1, -0.05) is 17.7 Å². The maximum absolute atomic E-state index is 6.09. The molecule has 1 N–H and O–H groups in total. The van der Waals surface area contributed by atoms with Crippen LogP contribution in [0.4, 0.5) is 5.69 Å². The lowest BCUT2D eigenvalue weighted by Crippen LogP contribution is -2.10. The Morgan fingerprint density at radius 2 is 2.08 bits per heavy atom. The first-order valence-corrected chi connectivity index (χ1v) is 4.62. The molecule has 0 heterocycles. The molecule has 0 fully saturated rings. The van der Waals surface area contributed by atoms with Crippen molar-refractivity contribution in [1.29, 1.82) is 0 Å². The van der Waals surface area contributed by atoms with Crippen molar-refractivity contribution in [1.82, 2.24) is 4.90 Å². The van der Waals surface area contributed by atoms with Gasteiger partial charge in [0.1, 0.15) is 0 Å². The third-order valence-electron chi connectivity index (χ3n) is 1.83. The van der Waals surface area contributed by atoms with Crippen molar-refractivity contribution >= 4 is 17.3 Å². The van der Waals surface area contributed by atoms with Crippen LogP contribution in [0.3, 0.4) is 0 Å². The lowest BCUT2D eigenvalue weighted by molar-refractivity contribution is 0.402. The average Bonchev–Trinajstić information content (AvgIpc) is 2.08. The van der Waals surface area contributed by atoms with Crippen LogP contribution in [0.15, 0.2) is 18.2 Å². The third kappa shape index (κ3) is 2.90. The van der Waals surface area contributed by atoms with E-state index in [0.29, 0.717) is 0 Å². The molecular formula is C10H15ClN2. The zero-order valence-corrected chi connectivity index (χ0v) is 9.02. The van der Waals surface area contributed by atoms with E-state index in [1.807, 2.05) is 39.3 Å². The van der Waals surface area contributed by atoms with Crippen LogP contribution in [-0.4, -0.2) is 26.0 Å². The smallest absolute Gasteiger partial charge is 0.0471 e. The summed E-state index contributed by atoms with van der Waals surface area (Å²) in [7, 11) is 5.95. The minimum absolute atomic E-state index is 0.820. The van der Waals surface area contributed by atoms with Crippen LogP contribution in [0.5, 0.6) is 0 Å². The van der Waals surface area contributed by atoms with Crippen LogP contribution in [0.2, 0.25) is 5.02 Å². The highest BCUT2D eigenvalue weighted by Crippen LogP contribution is 2.21. The van der Waals surface area contributed by atoms with Gasteiger partial charge in [-0.3, -0.25) is 0 Å². The second-order valence-electron chi connectivity index (χ2n) is 3.29. The topological polar surface area (TPSA) is 15.3 Å². The summed E-state index contributed by atoms with van der Waals surface area (Å²) >= 11 is 6.09. The molecule has 72 valence electrons. The zero-order chi connectivity index (χ0) is 9.84. The van der Waals surface area contributed by atoms with Crippen LogP contribution in [0.1, 0.15) is 5.56 Å². The molecular weight excluding hydrogens is 184 g/mol. The number of nitrogens with zero attached hydrogens (tertiary/aromatic N) is 1. The summed E-state index contributed by atoms with van der Waals surface area (Å²) in [6, 6.07) is 6.03. The van der Waals surface area contributed by atoms with E-state index < -0.39 is 0 Å². The number of hydrogen-bond acceptors (Lipinski definition) is 2. The average molecular weight is 199 g/mol. The molecule has 2 nitrogen and oxygen atoms in total. The number of anilines is 1. The van der Waals surface area contributed by atoms with Crippen LogP contribution >= 0.6 is 11.6 Å². The molecule has 1 aromatic rings. The second-order valence-corrected chi connectivity index (χ2v) is 3.70. The Morgan fingerprint density at radius 1 is 1.38 bits per heavy atom. The zero-order valence-electron chi connectivity index (χ0n) is 8.26. The van der Waals surface area contributed by atoms with E-state index in [1.54, 1.807) is 0 Å². The van der Waals surface area contributed by atoms with Crippen LogP contribution < -0.4 is 5.32 Å². The van der Waals surface area contributed by atoms with Crippen LogP contribution in [0, 0.1) is 0 Å². The molecule has 1 aromatic carbocycles. The number of halogens is 1. The van der Waals surface area contributed by atoms with Crippen molar-refractivity contribution in [3.8, 4) is 0 Å². The van der Waals surface area contributed by atoms with Crippen molar-refractivity contribution in [2.75, 3.05) is 26.5 Å². The lowest BCUT2D eigenvalue weighted by Gasteiger charge is -2.11. The van der Waals surface area contributed by atoms with Gasteiger partial charge in [0.15, 0.2) is 0 Å². The number of rotatable bonds is 3. The maximum Gasteiger partial charge on any atom is 0.0471 e. The van der Waals surface area contributed by atoms with Gasteiger partial charge >= 0.3 is 0 Å². The first kappa shape index (κ1) is 10.4. The minimum Gasteiger partial charge on any atom is -0.388 e. The molecule has 0 aliphatic heterocycles. The summed E-state index contributed by atoms with van der Waals surface area (Å²) in [6.07, 6.45) is 0. The fourth-order valence-electron chi connectivity index (χ4n) is 1.17. The second kappa shape index (κ2) is 4.49. The van der Waals surface area contributed by atoms with Crippen LogP contribution in [0.25, 0.3) is 0 Å². The van der Waals surface area contributed by atoms with Gasteiger partial charge in [-0.05, 0) is 31.8 Å². The van der Waals surface area contributed by atoms with Gasteiger partial charge in [-0.25, -0.2) is 0 Å². The molecule has 1 rings (SSSR count). The molecule has 0 aliphatic carbocycles. The Bertz CT molecular complexity index is 284. The molecule has 0 aromatic heterocycles. The minimum atomic E-state index is 0.820. The van der Waals surface area contributed by atoms with Gasteiger partial charge < -0.3 is 10.2 Å². The standard InChI is InChI=1S/C10H15ClN2/c1-12-9-5-4-8(7-13(2)3)10(11)6-9/h4-6,12H,7H2,1-3H3. The van der Waals surface area contributed by atoms with E-state index in [9.17, 15) is 0 Å². The van der Waals surface area contributed by atoms with E-state index in [2.05, 4.69) is 10.2 Å². The van der Waals surface area contributed by atoms with E-state index in [-0.39, 0.29) is 0 Å². The molecule has 3 heteroatoms. The Morgan fingerprint density at radius 3 is 2.54 bits per heavy atom. The molecule has 0 saturated heterocycles. The van der Waals surface area contributed by atoms with Gasteiger partial charge in [0.2, 0.25) is 0 Å². The molecule has 0 saturated carbocycles.